The van der Waals surface area contributed by atoms with E-state index in [0.717, 1.165) is 0 Å². The summed E-state index contributed by atoms with van der Waals surface area (Å²) in [6.07, 6.45) is -0.601. The Morgan fingerprint density at radius 3 is 2.73 bits per heavy atom. The van der Waals surface area contributed by atoms with E-state index in [1.807, 2.05) is 0 Å². The van der Waals surface area contributed by atoms with Crippen LogP contribution in [0.4, 0.5) is 4.39 Å². The summed E-state index contributed by atoms with van der Waals surface area (Å²) in [7, 11) is 0. The van der Waals surface area contributed by atoms with Gasteiger partial charge in [-0.05, 0) is 19.1 Å². The molecule has 1 N–H and O–H groups in total. The van der Waals surface area contributed by atoms with Crippen molar-refractivity contribution in [2.75, 3.05) is 0 Å². The monoisotopic (exact) mass is 223 g/mol. The van der Waals surface area contributed by atoms with Crippen LogP contribution >= 0.6 is 11.3 Å². The van der Waals surface area contributed by atoms with Gasteiger partial charge in [0, 0.05) is 10.9 Å². The molecule has 15 heavy (non-hydrogen) atoms. The molecule has 1 unspecified atom stereocenters. The summed E-state index contributed by atoms with van der Waals surface area (Å²) in [4.78, 5) is 4.17. The van der Waals surface area contributed by atoms with Crippen molar-refractivity contribution in [3.63, 3.8) is 0 Å². The second-order valence-corrected chi connectivity index (χ2v) is 4.12. The summed E-state index contributed by atoms with van der Waals surface area (Å²) < 4.78 is 13.4. The smallest absolute Gasteiger partial charge is 0.132 e. The van der Waals surface area contributed by atoms with Crippen LogP contribution < -0.4 is 0 Å². The fourth-order valence-corrected chi connectivity index (χ4v) is 2.03. The standard InChI is InChI=1S/C11H10FNOS/c1-7(14)11-13-10(6-15-11)8-4-2-3-5-9(8)12/h2-7,14H,1H3. The third kappa shape index (κ3) is 2.06. The third-order valence-corrected chi connectivity index (χ3v) is 3.04. The van der Waals surface area contributed by atoms with Crippen molar-refractivity contribution in [1.29, 1.82) is 0 Å². The zero-order chi connectivity index (χ0) is 10.8. The van der Waals surface area contributed by atoms with Crippen molar-refractivity contribution in [1.82, 2.24) is 4.98 Å². The van der Waals surface area contributed by atoms with E-state index in [-0.39, 0.29) is 5.82 Å². The number of benzene rings is 1. The van der Waals surface area contributed by atoms with Crippen molar-refractivity contribution >= 4 is 11.3 Å². The lowest BCUT2D eigenvalue weighted by molar-refractivity contribution is 0.199. The van der Waals surface area contributed by atoms with Gasteiger partial charge < -0.3 is 5.11 Å². The molecule has 0 aliphatic rings. The van der Waals surface area contributed by atoms with Gasteiger partial charge in [-0.3, -0.25) is 0 Å². The summed E-state index contributed by atoms with van der Waals surface area (Å²) in [5, 5.41) is 11.7. The molecule has 1 atom stereocenters. The summed E-state index contributed by atoms with van der Waals surface area (Å²) >= 11 is 1.33. The number of thiazole rings is 1. The molecule has 4 heteroatoms. The van der Waals surface area contributed by atoms with Crippen LogP contribution in [-0.4, -0.2) is 10.1 Å². The van der Waals surface area contributed by atoms with Crippen LogP contribution in [0, 0.1) is 5.82 Å². The molecule has 0 saturated heterocycles. The highest BCUT2D eigenvalue weighted by Gasteiger charge is 2.10. The highest BCUT2D eigenvalue weighted by molar-refractivity contribution is 7.10. The van der Waals surface area contributed by atoms with Crippen LogP contribution in [0.25, 0.3) is 11.3 Å². The minimum Gasteiger partial charge on any atom is -0.386 e. The van der Waals surface area contributed by atoms with Gasteiger partial charge in [-0.2, -0.15) is 0 Å². The van der Waals surface area contributed by atoms with Crippen molar-refractivity contribution in [2.45, 2.75) is 13.0 Å². The maximum absolute atomic E-state index is 13.4. The maximum atomic E-state index is 13.4. The lowest BCUT2D eigenvalue weighted by atomic mass is 10.1. The lowest BCUT2D eigenvalue weighted by Gasteiger charge is -1.98. The molecule has 2 nitrogen and oxygen atoms in total. The second-order valence-electron chi connectivity index (χ2n) is 3.23. The molecule has 1 aromatic heterocycles. The molecule has 78 valence electrons. The minimum atomic E-state index is -0.601. The molecular weight excluding hydrogens is 213 g/mol. The van der Waals surface area contributed by atoms with Crippen LogP contribution in [0.3, 0.4) is 0 Å². The Kier molecular flexibility index (Phi) is 2.79. The Balaban J connectivity index is 2.42. The van der Waals surface area contributed by atoms with E-state index in [0.29, 0.717) is 16.3 Å². The van der Waals surface area contributed by atoms with Gasteiger partial charge in [0.2, 0.25) is 0 Å². The Hall–Kier alpha value is -1.26. The number of aromatic nitrogens is 1. The van der Waals surface area contributed by atoms with Crippen LogP contribution in [0.5, 0.6) is 0 Å². The average molecular weight is 223 g/mol. The molecular formula is C11H10FNOS. The fourth-order valence-electron chi connectivity index (χ4n) is 1.27. The van der Waals surface area contributed by atoms with E-state index >= 15 is 0 Å². The molecule has 1 heterocycles. The molecule has 0 aliphatic heterocycles. The molecule has 2 rings (SSSR count). The minimum absolute atomic E-state index is 0.292. The highest BCUT2D eigenvalue weighted by Crippen LogP contribution is 2.26. The number of aliphatic hydroxyl groups is 1. The van der Waals surface area contributed by atoms with Gasteiger partial charge in [0.05, 0.1) is 5.69 Å². The zero-order valence-electron chi connectivity index (χ0n) is 8.14. The van der Waals surface area contributed by atoms with E-state index < -0.39 is 6.10 Å². The first-order valence-corrected chi connectivity index (χ1v) is 5.45. The van der Waals surface area contributed by atoms with Gasteiger partial charge in [-0.1, -0.05) is 12.1 Å². The van der Waals surface area contributed by atoms with Gasteiger partial charge >= 0.3 is 0 Å². The highest BCUT2D eigenvalue weighted by atomic mass is 32.1. The molecule has 0 radical (unpaired) electrons. The molecule has 0 amide bonds. The Bertz CT molecular complexity index is 467. The Morgan fingerprint density at radius 2 is 2.13 bits per heavy atom. The second kappa shape index (κ2) is 4.08. The molecule has 2 aromatic rings. The molecule has 1 aromatic carbocycles. The first-order valence-electron chi connectivity index (χ1n) is 4.57. The normalized spacial score (nSPS) is 12.7. The Morgan fingerprint density at radius 1 is 1.40 bits per heavy atom. The number of hydrogen-bond acceptors (Lipinski definition) is 3. The predicted octanol–water partition coefficient (Wildman–Crippen LogP) is 3.00. The largest absolute Gasteiger partial charge is 0.386 e. The van der Waals surface area contributed by atoms with Crippen LogP contribution in [0.1, 0.15) is 18.0 Å². The average Bonchev–Trinajstić information content (AvgIpc) is 2.67. The molecule has 0 fully saturated rings. The van der Waals surface area contributed by atoms with Crippen molar-refractivity contribution in [2.24, 2.45) is 0 Å². The lowest BCUT2D eigenvalue weighted by Crippen LogP contribution is -1.90. The van der Waals surface area contributed by atoms with E-state index in [2.05, 4.69) is 4.98 Å². The van der Waals surface area contributed by atoms with Gasteiger partial charge in [0.25, 0.3) is 0 Å². The number of rotatable bonds is 2. The van der Waals surface area contributed by atoms with Crippen LogP contribution in [0.15, 0.2) is 29.6 Å². The Labute approximate surface area is 91.0 Å². The molecule has 0 aliphatic carbocycles. The van der Waals surface area contributed by atoms with Crippen LogP contribution in [0.2, 0.25) is 0 Å². The summed E-state index contributed by atoms with van der Waals surface area (Å²) in [6.45, 7) is 1.64. The summed E-state index contributed by atoms with van der Waals surface area (Å²) in [6, 6.07) is 6.48. The van der Waals surface area contributed by atoms with Crippen molar-refractivity contribution in [3.05, 3.63) is 40.5 Å². The number of nitrogens with zero attached hydrogens (tertiary/aromatic N) is 1. The number of aliphatic hydroxyl groups excluding tert-OH is 1. The van der Waals surface area contributed by atoms with Crippen LogP contribution in [-0.2, 0) is 0 Å². The van der Waals surface area contributed by atoms with E-state index in [1.54, 1.807) is 30.5 Å². The zero-order valence-corrected chi connectivity index (χ0v) is 8.96. The third-order valence-electron chi connectivity index (χ3n) is 2.03. The SMILES string of the molecule is CC(O)c1nc(-c2ccccc2F)cs1. The van der Waals surface area contributed by atoms with E-state index in [9.17, 15) is 9.50 Å². The van der Waals surface area contributed by atoms with Gasteiger partial charge in [0.15, 0.2) is 0 Å². The molecule has 0 bridgehead atoms. The molecule has 0 spiro atoms. The molecule has 0 saturated carbocycles. The predicted molar refractivity (Wildman–Crippen MR) is 58.1 cm³/mol. The number of halogens is 1. The first-order chi connectivity index (χ1) is 7.18. The summed E-state index contributed by atoms with van der Waals surface area (Å²) in [5.41, 5.74) is 1.05. The van der Waals surface area contributed by atoms with Gasteiger partial charge in [-0.25, -0.2) is 9.37 Å². The topological polar surface area (TPSA) is 33.1 Å². The summed E-state index contributed by atoms with van der Waals surface area (Å²) in [5.74, 6) is -0.292. The quantitative estimate of drug-likeness (QED) is 0.849. The fraction of sp³-hybridized carbons (Fsp3) is 0.182. The van der Waals surface area contributed by atoms with Gasteiger partial charge in [-0.15, -0.1) is 11.3 Å². The van der Waals surface area contributed by atoms with Crippen molar-refractivity contribution < 1.29 is 9.50 Å². The van der Waals surface area contributed by atoms with Gasteiger partial charge in [0.1, 0.15) is 16.9 Å². The number of hydrogen-bond donors (Lipinski definition) is 1. The first kappa shape index (κ1) is 10.3. The maximum Gasteiger partial charge on any atom is 0.132 e. The van der Waals surface area contributed by atoms with E-state index in [4.69, 9.17) is 0 Å². The van der Waals surface area contributed by atoms with Crippen molar-refractivity contribution in [3.8, 4) is 11.3 Å². The van der Waals surface area contributed by atoms with E-state index in [1.165, 1.54) is 17.4 Å².